The van der Waals surface area contributed by atoms with Crippen LogP contribution in [-0.4, -0.2) is 48.1 Å². The largest absolute Gasteiger partial charge is 0.667 e. The summed E-state index contributed by atoms with van der Waals surface area (Å²) in [6, 6.07) is 10.4. The summed E-state index contributed by atoms with van der Waals surface area (Å²) in [6.45, 7) is 0. The number of amides is 2. The van der Waals surface area contributed by atoms with E-state index in [-0.39, 0.29) is 68.6 Å². The predicted molar refractivity (Wildman–Crippen MR) is 138 cm³/mol. The molecule has 3 unspecified atom stereocenters. The van der Waals surface area contributed by atoms with Gasteiger partial charge in [0, 0.05) is 55.5 Å². The summed E-state index contributed by atoms with van der Waals surface area (Å²) >= 11 is 5.92. The molecule has 0 heterocycles. The van der Waals surface area contributed by atoms with Crippen LogP contribution in [0.3, 0.4) is 0 Å². The van der Waals surface area contributed by atoms with Gasteiger partial charge in [-0.3, -0.25) is 9.59 Å². The van der Waals surface area contributed by atoms with Crippen LogP contribution in [-0.2, 0) is 32.0 Å². The molecular weight excluding hydrogens is 709 g/mol. The number of methoxy groups -OCH3 is 1. The normalized spacial score (nSPS) is 16.0. The number of phenols is 1. The number of hydrogen-bond acceptors (Lipinski definition) is 5. The number of halogens is 1. The minimum absolute atomic E-state index is 0. The van der Waals surface area contributed by atoms with Crippen LogP contribution in [0, 0.1) is 50.0 Å². The van der Waals surface area contributed by atoms with Crippen molar-refractivity contribution in [2.45, 2.75) is 63.1 Å². The molecule has 10 heteroatoms. The van der Waals surface area contributed by atoms with Gasteiger partial charge in [-0.25, -0.2) is 4.79 Å². The molecular formula is C27H33AcClN3O5-. The Morgan fingerprint density at radius 1 is 1.00 bits per heavy atom. The van der Waals surface area contributed by atoms with Gasteiger partial charge in [0.2, 0.25) is 11.8 Å². The van der Waals surface area contributed by atoms with Crippen molar-refractivity contribution in [3.63, 3.8) is 0 Å². The van der Waals surface area contributed by atoms with Gasteiger partial charge in [0.1, 0.15) is 17.8 Å². The van der Waals surface area contributed by atoms with E-state index < -0.39 is 35.9 Å². The summed E-state index contributed by atoms with van der Waals surface area (Å²) in [4.78, 5) is 38.8. The minimum Gasteiger partial charge on any atom is -0.667 e. The fourth-order valence-corrected chi connectivity index (χ4v) is 4.71. The molecule has 0 bridgehead atoms. The summed E-state index contributed by atoms with van der Waals surface area (Å²) in [5.41, 5.74) is 9.80. The monoisotopic (exact) mass is 741 g/mol. The van der Waals surface area contributed by atoms with Crippen molar-refractivity contribution in [1.29, 1.82) is 0 Å². The van der Waals surface area contributed by atoms with Gasteiger partial charge < -0.3 is 26.2 Å². The van der Waals surface area contributed by atoms with E-state index in [0.717, 1.165) is 37.7 Å². The van der Waals surface area contributed by atoms with Crippen molar-refractivity contribution < 1.29 is 68.3 Å². The van der Waals surface area contributed by atoms with E-state index in [2.05, 4.69) is 10.6 Å². The summed E-state index contributed by atoms with van der Waals surface area (Å²) in [5.74, 6) is -1.69. The average molecular weight is 742 g/mol. The Bertz CT molecular complexity index is 1050. The van der Waals surface area contributed by atoms with Crippen LogP contribution in [0.15, 0.2) is 48.5 Å². The molecule has 1 fully saturated rings. The molecule has 0 aliphatic heterocycles. The van der Waals surface area contributed by atoms with Gasteiger partial charge in [0.15, 0.2) is 0 Å². The van der Waals surface area contributed by atoms with Gasteiger partial charge in [-0.05, 0) is 60.6 Å². The molecule has 1 saturated carbocycles. The topological polar surface area (TPSA) is 129 Å². The zero-order valence-electron chi connectivity index (χ0n) is 20.9. The zero-order chi connectivity index (χ0) is 26.1. The van der Waals surface area contributed by atoms with Gasteiger partial charge in [-0.2, -0.15) is 0 Å². The van der Waals surface area contributed by atoms with E-state index in [1.54, 1.807) is 36.4 Å². The number of aromatic hydroxyl groups is 1. The second-order valence-corrected chi connectivity index (χ2v) is 9.66. The molecule has 3 atom stereocenters. The molecule has 4 N–H and O–H groups in total. The maximum Gasteiger partial charge on any atom is 0.328 e. The van der Waals surface area contributed by atoms with E-state index in [4.69, 9.17) is 22.1 Å². The smallest absolute Gasteiger partial charge is 0.328 e. The van der Waals surface area contributed by atoms with Gasteiger partial charge in [-0.15, -0.1) is 0 Å². The third kappa shape index (κ3) is 9.87. The number of ether oxygens (including phenoxy) is 1. The van der Waals surface area contributed by atoms with Crippen LogP contribution in [0.5, 0.6) is 5.75 Å². The molecule has 1 radical (unpaired) electrons. The van der Waals surface area contributed by atoms with Crippen LogP contribution < -0.4 is 10.6 Å². The van der Waals surface area contributed by atoms with Crippen LogP contribution in [0.4, 0.5) is 0 Å². The molecule has 1 aliphatic carbocycles. The molecule has 197 valence electrons. The van der Waals surface area contributed by atoms with Gasteiger partial charge in [-0.1, -0.05) is 61.2 Å². The van der Waals surface area contributed by atoms with Crippen molar-refractivity contribution in [2.24, 2.45) is 5.92 Å². The Hall–Kier alpha value is -1.66. The summed E-state index contributed by atoms with van der Waals surface area (Å²) in [6.07, 6.45) is 4.81. The van der Waals surface area contributed by atoms with Gasteiger partial charge >= 0.3 is 5.97 Å². The molecule has 2 aromatic carbocycles. The Labute approximate surface area is 258 Å². The molecule has 8 nitrogen and oxygen atoms in total. The maximum atomic E-state index is 13.4. The fourth-order valence-electron chi connectivity index (χ4n) is 4.58. The Kier molecular flexibility index (Phi) is 13.4. The van der Waals surface area contributed by atoms with Crippen molar-refractivity contribution in [1.82, 2.24) is 10.6 Å². The van der Waals surface area contributed by atoms with Gasteiger partial charge in [0.25, 0.3) is 0 Å². The van der Waals surface area contributed by atoms with Crippen molar-refractivity contribution in [2.75, 3.05) is 7.11 Å². The quantitative estimate of drug-likeness (QED) is 0.318. The minimum atomic E-state index is -1.10. The first kappa shape index (κ1) is 31.6. The number of esters is 1. The fraction of sp³-hybridized carbons (Fsp3) is 0.444. The van der Waals surface area contributed by atoms with Crippen molar-refractivity contribution in [3.05, 3.63) is 70.4 Å². The Morgan fingerprint density at radius 2 is 1.68 bits per heavy atom. The van der Waals surface area contributed by atoms with Crippen LogP contribution in [0.1, 0.15) is 43.2 Å². The molecule has 0 spiro atoms. The molecule has 0 aromatic heterocycles. The third-order valence-corrected chi connectivity index (χ3v) is 6.78. The first-order valence-electron chi connectivity index (χ1n) is 12.2. The second-order valence-electron chi connectivity index (χ2n) is 9.23. The van der Waals surface area contributed by atoms with Crippen LogP contribution >= 0.6 is 11.6 Å². The van der Waals surface area contributed by atoms with E-state index in [1.165, 1.54) is 19.2 Å². The number of nitrogens with one attached hydrogen (secondary N) is 3. The predicted octanol–water partition coefficient (Wildman–Crippen LogP) is 3.97. The number of benzene rings is 2. The zero-order valence-corrected chi connectivity index (χ0v) is 26.4. The molecule has 37 heavy (non-hydrogen) atoms. The number of carbonyl (C=O) groups excluding carboxylic acids is 3. The van der Waals surface area contributed by atoms with Crippen molar-refractivity contribution in [3.8, 4) is 5.75 Å². The molecule has 1 aliphatic rings. The second kappa shape index (κ2) is 15.7. The van der Waals surface area contributed by atoms with E-state index in [1.807, 2.05) is 0 Å². The maximum absolute atomic E-state index is 13.4. The van der Waals surface area contributed by atoms with Gasteiger partial charge in [0.05, 0.1) is 7.11 Å². The Morgan fingerprint density at radius 3 is 2.30 bits per heavy atom. The van der Waals surface area contributed by atoms with Crippen LogP contribution in [0.25, 0.3) is 5.73 Å². The molecule has 3 rings (SSSR count). The SMILES string of the molecule is COC(=O)C(Cc1cccc(O)c1)NC(=O)C(NC(=O)C([NH-])Cc1ccc(Cl)cc1)C1CCCCC1.[Ac]. The first-order chi connectivity index (χ1) is 17.3. The van der Waals surface area contributed by atoms with Crippen LogP contribution in [0.2, 0.25) is 5.02 Å². The molecule has 2 amide bonds. The number of rotatable bonds is 10. The standard InChI is InChI=1S/C27H33ClN3O5.Ac/c1-36-27(35)23(16-18-6-5-9-21(32)14-18)30-26(34)24(19-7-3-2-4-8-19)31-25(33)22(29)15-17-10-12-20(28)13-11-17;/h5-6,9-14,19,22-24,29,32H,2-4,7-8,15-16H2,1H3,(H,30,34)(H,31,33);/q-1;. The first-order valence-corrected chi connectivity index (χ1v) is 12.6. The number of phenolic OH excluding ortho intramolecular Hbond substituents is 1. The number of carbonyl (C=O) groups is 3. The summed E-state index contributed by atoms with van der Waals surface area (Å²) < 4.78 is 4.89. The van der Waals surface area contributed by atoms with E-state index in [9.17, 15) is 19.5 Å². The van der Waals surface area contributed by atoms with Crippen molar-refractivity contribution >= 4 is 29.4 Å². The number of hydrogen-bond donors (Lipinski definition) is 3. The molecule has 2 aromatic rings. The third-order valence-electron chi connectivity index (χ3n) is 6.52. The summed E-state index contributed by atoms with van der Waals surface area (Å²) in [5, 5.41) is 15.9. The van der Waals surface area contributed by atoms with E-state index in [0.29, 0.717) is 10.6 Å². The molecule has 0 saturated heterocycles. The summed E-state index contributed by atoms with van der Waals surface area (Å²) in [7, 11) is 1.24. The average Bonchev–Trinajstić information content (AvgIpc) is 2.88. The Balaban J connectivity index is 0.00000481. The van der Waals surface area contributed by atoms with E-state index >= 15 is 0 Å².